The van der Waals surface area contributed by atoms with Crippen molar-refractivity contribution in [1.82, 2.24) is 10.2 Å². The Bertz CT molecular complexity index is 1170. The Labute approximate surface area is 172 Å². The Kier molecular flexibility index (Phi) is 5.48. The van der Waals surface area contributed by atoms with Crippen molar-refractivity contribution < 1.29 is 13.9 Å². The van der Waals surface area contributed by atoms with Gasteiger partial charge in [0.05, 0.1) is 12.2 Å². The van der Waals surface area contributed by atoms with Crippen molar-refractivity contribution in [2.75, 3.05) is 18.2 Å². The van der Waals surface area contributed by atoms with Crippen molar-refractivity contribution in [3.8, 4) is 17.2 Å². The van der Waals surface area contributed by atoms with Crippen molar-refractivity contribution >= 4 is 34.5 Å². The van der Waals surface area contributed by atoms with Gasteiger partial charge in [0.25, 0.3) is 5.91 Å². The summed E-state index contributed by atoms with van der Waals surface area (Å²) in [6, 6.07) is 19.2. The number of amides is 1. The Balaban J connectivity index is 1.65. The summed E-state index contributed by atoms with van der Waals surface area (Å²) in [6.07, 6.45) is 2.00. The third-order valence-electron chi connectivity index (χ3n) is 4.38. The third kappa shape index (κ3) is 3.95. The fourth-order valence-corrected chi connectivity index (χ4v) is 3.53. The molecule has 0 saturated heterocycles. The molecule has 0 aliphatic rings. The highest BCUT2D eigenvalue weighted by Gasteiger charge is 2.19. The predicted octanol–water partition coefficient (Wildman–Crippen LogP) is 5.26. The molecule has 0 spiro atoms. The van der Waals surface area contributed by atoms with E-state index in [-0.39, 0.29) is 11.9 Å². The van der Waals surface area contributed by atoms with E-state index in [0.717, 1.165) is 21.2 Å². The third-order valence-corrected chi connectivity index (χ3v) is 5.11. The lowest BCUT2D eigenvalue weighted by Crippen LogP contribution is -2.14. The molecule has 1 N–H and O–H groups in total. The molecule has 4 aromatic rings. The Morgan fingerprint density at radius 2 is 1.97 bits per heavy atom. The summed E-state index contributed by atoms with van der Waals surface area (Å²) in [5.74, 6) is 0.494. The van der Waals surface area contributed by atoms with Gasteiger partial charge in [0, 0.05) is 10.5 Å². The normalized spacial score (nSPS) is 10.8. The number of nitrogens with zero attached hydrogens (tertiary/aromatic N) is 2. The van der Waals surface area contributed by atoms with Crippen molar-refractivity contribution in [1.29, 1.82) is 0 Å². The standard InChI is InChI=1S/C22H19N3O3S/c1-3-27-18-12-11-14-7-4-5-10-17(14)19(18)20(26)23-22-25-24-21(28-22)15-8-6-9-16(13-15)29-2/h4-13H,3H2,1-2H3,(H,23,25,26). The molecule has 1 aromatic heterocycles. The van der Waals surface area contributed by atoms with E-state index in [9.17, 15) is 4.79 Å². The van der Waals surface area contributed by atoms with Crippen LogP contribution in [0, 0.1) is 0 Å². The van der Waals surface area contributed by atoms with Gasteiger partial charge in [-0.2, -0.15) is 0 Å². The molecular weight excluding hydrogens is 386 g/mol. The van der Waals surface area contributed by atoms with Crippen molar-refractivity contribution in [2.45, 2.75) is 11.8 Å². The topological polar surface area (TPSA) is 77.2 Å². The van der Waals surface area contributed by atoms with Gasteiger partial charge in [-0.1, -0.05) is 41.5 Å². The second-order valence-corrected chi connectivity index (χ2v) is 7.07. The molecule has 0 fully saturated rings. The minimum absolute atomic E-state index is 0.0370. The quantitative estimate of drug-likeness (QED) is 0.441. The van der Waals surface area contributed by atoms with Gasteiger partial charge in [0.2, 0.25) is 5.89 Å². The molecule has 1 amide bonds. The summed E-state index contributed by atoms with van der Waals surface area (Å²) in [7, 11) is 0. The average molecular weight is 405 g/mol. The van der Waals surface area contributed by atoms with Crippen LogP contribution in [0.1, 0.15) is 17.3 Å². The highest BCUT2D eigenvalue weighted by Crippen LogP contribution is 2.30. The van der Waals surface area contributed by atoms with Gasteiger partial charge in [-0.3, -0.25) is 10.1 Å². The fraction of sp³-hybridized carbons (Fsp3) is 0.136. The molecule has 0 bridgehead atoms. The van der Waals surface area contributed by atoms with Crippen LogP contribution in [0.3, 0.4) is 0 Å². The molecule has 3 aromatic carbocycles. The first kappa shape index (κ1) is 19.0. The number of fused-ring (bicyclic) bond motifs is 1. The second-order valence-electron chi connectivity index (χ2n) is 6.19. The van der Waals surface area contributed by atoms with Crippen LogP contribution in [0.4, 0.5) is 6.01 Å². The van der Waals surface area contributed by atoms with Crippen LogP contribution in [0.25, 0.3) is 22.2 Å². The van der Waals surface area contributed by atoms with Crippen LogP contribution < -0.4 is 10.1 Å². The SMILES string of the molecule is CCOc1ccc2ccccc2c1C(=O)Nc1nnc(-c2cccc(SC)c2)o1. The zero-order valence-electron chi connectivity index (χ0n) is 16.0. The lowest BCUT2D eigenvalue weighted by molar-refractivity contribution is 0.102. The number of rotatable bonds is 6. The smallest absolute Gasteiger partial charge is 0.322 e. The van der Waals surface area contributed by atoms with Crippen LogP contribution in [-0.4, -0.2) is 29.0 Å². The van der Waals surface area contributed by atoms with Gasteiger partial charge >= 0.3 is 6.01 Å². The molecule has 0 aliphatic carbocycles. The molecular formula is C22H19N3O3S. The number of hydrogen-bond donors (Lipinski definition) is 1. The highest BCUT2D eigenvalue weighted by atomic mass is 32.2. The summed E-state index contributed by atoms with van der Waals surface area (Å²) < 4.78 is 11.3. The van der Waals surface area contributed by atoms with Crippen molar-refractivity contribution in [3.05, 3.63) is 66.2 Å². The molecule has 6 nitrogen and oxygen atoms in total. The number of carbonyl (C=O) groups is 1. The minimum atomic E-state index is -0.363. The number of benzene rings is 3. The maximum Gasteiger partial charge on any atom is 0.322 e. The van der Waals surface area contributed by atoms with Crippen LogP contribution in [0.2, 0.25) is 0 Å². The van der Waals surface area contributed by atoms with E-state index in [1.165, 1.54) is 0 Å². The Morgan fingerprint density at radius 3 is 2.79 bits per heavy atom. The van der Waals surface area contributed by atoms with Crippen LogP contribution in [-0.2, 0) is 0 Å². The zero-order chi connectivity index (χ0) is 20.2. The van der Waals surface area contributed by atoms with E-state index in [1.807, 2.05) is 67.8 Å². The lowest BCUT2D eigenvalue weighted by Gasteiger charge is -2.12. The number of nitrogens with one attached hydrogen (secondary N) is 1. The van der Waals surface area contributed by atoms with Gasteiger partial charge in [-0.15, -0.1) is 16.9 Å². The maximum absolute atomic E-state index is 13.0. The molecule has 0 atom stereocenters. The molecule has 7 heteroatoms. The minimum Gasteiger partial charge on any atom is -0.493 e. The maximum atomic E-state index is 13.0. The van der Waals surface area contributed by atoms with Crippen molar-refractivity contribution in [3.63, 3.8) is 0 Å². The molecule has 1 heterocycles. The summed E-state index contributed by atoms with van der Waals surface area (Å²) in [5.41, 5.74) is 1.24. The van der Waals surface area contributed by atoms with E-state index < -0.39 is 0 Å². The van der Waals surface area contributed by atoms with E-state index >= 15 is 0 Å². The number of hydrogen-bond acceptors (Lipinski definition) is 6. The fourth-order valence-electron chi connectivity index (χ4n) is 3.07. The Morgan fingerprint density at radius 1 is 1.10 bits per heavy atom. The average Bonchev–Trinajstić information content (AvgIpc) is 3.22. The van der Waals surface area contributed by atoms with E-state index in [2.05, 4.69) is 15.5 Å². The van der Waals surface area contributed by atoms with E-state index in [0.29, 0.717) is 23.8 Å². The number of thioether (sulfide) groups is 1. The molecule has 0 saturated carbocycles. The predicted molar refractivity (Wildman–Crippen MR) is 115 cm³/mol. The van der Waals surface area contributed by atoms with Gasteiger partial charge in [-0.25, -0.2) is 0 Å². The molecule has 146 valence electrons. The number of ether oxygens (including phenoxy) is 1. The summed E-state index contributed by atoms with van der Waals surface area (Å²) in [4.78, 5) is 14.1. The Hall–Kier alpha value is -3.32. The monoisotopic (exact) mass is 405 g/mol. The summed E-state index contributed by atoms with van der Waals surface area (Å²) in [5, 5.41) is 12.5. The van der Waals surface area contributed by atoms with Crippen LogP contribution in [0.5, 0.6) is 5.75 Å². The molecule has 29 heavy (non-hydrogen) atoms. The first-order valence-electron chi connectivity index (χ1n) is 9.13. The second kappa shape index (κ2) is 8.36. The first-order valence-corrected chi connectivity index (χ1v) is 10.4. The number of anilines is 1. The molecule has 4 rings (SSSR count). The van der Waals surface area contributed by atoms with E-state index in [1.54, 1.807) is 17.8 Å². The van der Waals surface area contributed by atoms with Crippen molar-refractivity contribution in [2.24, 2.45) is 0 Å². The summed E-state index contributed by atoms with van der Waals surface area (Å²) >= 11 is 1.63. The molecule has 0 unspecified atom stereocenters. The number of aromatic nitrogens is 2. The zero-order valence-corrected chi connectivity index (χ0v) is 16.8. The van der Waals surface area contributed by atoms with Gasteiger partial charge < -0.3 is 9.15 Å². The van der Waals surface area contributed by atoms with Gasteiger partial charge in [0.15, 0.2) is 0 Å². The largest absolute Gasteiger partial charge is 0.493 e. The van der Waals surface area contributed by atoms with Gasteiger partial charge in [0.1, 0.15) is 5.75 Å². The first-order chi connectivity index (χ1) is 14.2. The van der Waals surface area contributed by atoms with Crippen LogP contribution in [0.15, 0.2) is 70.0 Å². The number of carbonyl (C=O) groups excluding carboxylic acids is 1. The summed E-state index contributed by atoms with van der Waals surface area (Å²) in [6.45, 7) is 2.33. The van der Waals surface area contributed by atoms with E-state index in [4.69, 9.17) is 9.15 Å². The lowest BCUT2D eigenvalue weighted by atomic mass is 10.0. The molecule has 0 aliphatic heterocycles. The van der Waals surface area contributed by atoms with Crippen LogP contribution >= 0.6 is 11.8 Å². The highest BCUT2D eigenvalue weighted by molar-refractivity contribution is 7.98. The molecule has 0 radical (unpaired) electrons. The van der Waals surface area contributed by atoms with Gasteiger partial charge in [-0.05, 0) is 48.2 Å².